The largest absolute Gasteiger partial charge is 0.327 e. The normalized spacial score (nSPS) is 19.9. The van der Waals surface area contributed by atoms with Crippen LogP contribution in [0.1, 0.15) is 31.4 Å². The molecule has 0 radical (unpaired) electrons. The van der Waals surface area contributed by atoms with Crippen molar-refractivity contribution < 1.29 is 9.59 Å². The summed E-state index contributed by atoms with van der Waals surface area (Å²) in [7, 11) is 0. The van der Waals surface area contributed by atoms with Crippen LogP contribution in [0.2, 0.25) is 10.0 Å². The van der Waals surface area contributed by atoms with Gasteiger partial charge >= 0.3 is 6.03 Å². The molecule has 1 aromatic rings. The van der Waals surface area contributed by atoms with Crippen molar-refractivity contribution in [3.63, 3.8) is 0 Å². The molecule has 0 N–H and O–H groups in total. The van der Waals surface area contributed by atoms with E-state index in [1.807, 2.05) is 0 Å². The highest BCUT2D eigenvalue weighted by atomic mass is 35.5. The molecule has 1 saturated heterocycles. The molecule has 3 rings (SSSR count). The monoisotopic (exact) mass is 327 g/mol. The Morgan fingerprint density at radius 3 is 2.62 bits per heavy atom. The summed E-state index contributed by atoms with van der Waals surface area (Å²) in [5, 5.41) is 0.790. The number of carbonyl (C=O) groups is 2. The van der Waals surface area contributed by atoms with Gasteiger partial charge in [0.2, 0.25) is 0 Å². The van der Waals surface area contributed by atoms with Crippen LogP contribution in [0.5, 0.6) is 0 Å². The molecule has 1 saturated carbocycles. The molecule has 21 heavy (non-hydrogen) atoms. The Hall–Kier alpha value is -1.33. The Morgan fingerprint density at radius 1 is 1.24 bits per heavy atom. The Balaban J connectivity index is 1.76. The number of amides is 3. The topological polar surface area (TPSA) is 53.5 Å². The quantitative estimate of drug-likeness (QED) is 0.801. The van der Waals surface area contributed by atoms with Crippen LogP contribution in [0, 0.1) is 0 Å². The summed E-state index contributed by atoms with van der Waals surface area (Å²) in [4.78, 5) is 31.5. The third-order valence-electron chi connectivity index (χ3n) is 4.04. The van der Waals surface area contributed by atoms with Crippen molar-refractivity contribution in [3.8, 4) is 0 Å². The second kappa shape index (κ2) is 5.81. The van der Waals surface area contributed by atoms with Crippen molar-refractivity contribution in [1.29, 1.82) is 0 Å². The third kappa shape index (κ3) is 2.85. The Bertz CT molecular complexity index is 588. The molecule has 0 aromatic carbocycles. The van der Waals surface area contributed by atoms with Crippen LogP contribution in [-0.4, -0.2) is 39.3 Å². The second-order valence-electron chi connectivity index (χ2n) is 5.41. The van der Waals surface area contributed by atoms with E-state index in [0.717, 1.165) is 25.7 Å². The van der Waals surface area contributed by atoms with Gasteiger partial charge in [0.15, 0.2) is 0 Å². The summed E-state index contributed by atoms with van der Waals surface area (Å²) < 4.78 is 0. The summed E-state index contributed by atoms with van der Waals surface area (Å²) in [6, 6.07) is 1.52. The maximum atomic E-state index is 12.4. The summed E-state index contributed by atoms with van der Waals surface area (Å²) in [5.41, 5.74) is 0.482. The van der Waals surface area contributed by atoms with Crippen LogP contribution in [0.25, 0.3) is 0 Å². The first-order chi connectivity index (χ1) is 10.1. The number of rotatable bonds is 3. The molecule has 1 aliphatic carbocycles. The maximum Gasteiger partial charge on any atom is 0.327 e. The molecule has 0 spiro atoms. The fourth-order valence-corrected chi connectivity index (χ4v) is 3.37. The molecule has 2 aliphatic rings. The SMILES string of the molecule is O=C1CN(C2CCCC2)C(=O)N1Cc1ncc(Cl)cc1Cl. The van der Waals surface area contributed by atoms with Crippen molar-refractivity contribution >= 4 is 35.1 Å². The van der Waals surface area contributed by atoms with Gasteiger partial charge in [0.1, 0.15) is 6.54 Å². The van der Waals surface area contributed by atoms with E-state index in [2.05, 4.69) is 4.98 Å². The van der Waals surface area contributed by atoms with Gasteiger partial charge in [0.25, 0.3) is 5.91 Å². The molecular formula is C14H15Cl2N3O2. The third-order valence-corrected chi connectivity index (χ3v) is 4.57. The molecule has 1 aliphatic heterocycles. The number of aromatic nitrogens is 1. The molecule has 1 aromatic heterocycles. The molecule has 7 heteroatoms. The van der Waals surface area contributed by atoms with Crippen molar-refractivity contribution in [2.75, 3.05) is 6.54 Å². The summed E-state index contributed by atoms with van der Waals surface area (Å²) in [5.74, 6) is -0.195. The Morgan fingerprint density at radius 2 is 1.95 bits per heavy atom. The number of hydrogen-bond acceptors (Lipinski definition) is 3. The fourth-order valence-electron chi connectivity index (χ4n) is 2.93. The first-order valence-corrected chi connectivity index (χ1v) is 7.73. The zero-order chi connectivity index (χ0) is 15.0. The molecule has 5 nitrogen and oxygen atoms in total. The molecule has 0 bridgehead atoms. The number of halogens is 2. The van der Waals surface area contributed by atoms with E-state index in [1.54, 1.807) is 11.0 Å². The molecule has 112 valence electrons. The van der Waals surface area contributed by atoms with E-state index >= 15 is 0 Å². The lowest BCUT2D eigenvalue weighted by atomic mass is 10.2. The highest BCUT2D eigenvalue weighted by molar-refractivity contribution is 6.34. The highest BCUT2D eigenvalue weighted by Gasteiger charge is 2.40. The van der Waals surface area contributed by atoms with Gasteiger partial charge in [-0.15, -0.1) is 0 Å². The van der Waals surface area contributed by atoms with Crippen LogP contribution >= 0.6 is 23.2 Å². The van der Waals surface area contributed by atoms with Gasteiger partial charge in [-0.25, -0.2) is 4.79 Å². The van der Waals surface area contributed by atoms with Gasteiger partial charge in [-0.2, -0.15) is 0 Å². The van der Waals surface area contributed by atoms with Crippen LogP contribution in [0.4, 0.5) is 4.79 Å². The van der Waals surface area contributed by atoms with E-state index < -0.39 is 0 Å². The average Bonchev–Trinajstić information content (AvgIpc) is 3.04. The smallest absolute Gasteiger partial charge is 0.312 e. The van der Waals surface area contributed by atoms with Crippen molar-refractivity contribution in [2.45, 2.75) is 38.3 Å². The van der Waals surface area contributed by atoms with Crippen molar-refractivity contribution in [2.24, 2.45) is 0 Å². The van der Waals surface area contributed by atoms with Gasteiger partial charge in [-0.05, 0) is 18.9 Å². The van der Waals surface area contributed by atoms with Gasteiger partial charge in [0, 0.05) is 12.2 Å². The van der Waals surface area contributed by atoms with Crippen LogP contribution in [0.15, 0.2) is 12.3 Å². The highest BCUT2D eigenvalue weighted by Crippen LogP contribution is 2.28. The predicted molar refractivity (Wildman–Crippen MR) is 79.2 cm³/mol. The molecule has 3 amide bonds. The van der Waals surface area contributed by atoms with Gasteiger partial charge in [-0.1, -0.05) is 36.0 Å². The van der Waals surface area contributed by atoms with Gasteiger partial charge < -0.3 is 4.90 Å². The zero-order valence-electron chi connectivity index (χ0n) is 11.4. The van der Waals surface area contributed by atoms with E-state index in [4.69, 9.17) is 23.2 Å². The second-order valence-corrected chi connectivity index (χ2v) is 6.25. The number of pyridine rings is 1. The number of urea groups is 1. The Kier molecular flexibility index (Phi) is 4.04. The number of imide groups is 1. The number of hydrogen-bond donors (Lipinski definition) is 0. The first kappa shape index (κ1) is 14.6. The summed E-state index contributed by atoms with van der Waals surface area (Å²) >= 11 is 11.9. The minimum atomic E-state index is -0.236. The molecular weight excluding hydrogens is 313 g/mol. The average molecular weight is 328 g/mol. The van der Waals surface area contributed by atoms with Crippen LogP contribution < -0.4 is 0 Å². The standard InChI is InChI=1S/C14H15Cl2N3O2/c15-9-5-11(16)12(17-6-9)7-19-13(20)8-18(14(19)21)10-3-1-2-4-10/h5-6,10H,1-4,7-8H2. The number of carbonyl (C=O) groups excluding carboxylic acids is 2. The molecule has 0 atom stereocenters. The lowest BCUT2D eigenvalue weighted by Gasteiger charge is -2.22. The van der Waals surface area contributed by atoms with Crippen molar-refractivity contribution in [1.82, 2.24) is 14.8 Å². The van der Waals surface area contributed by atoms with E-state index in [9.17, 15) is 9.59 Å². The van der Waals surface area contributed by atoms with E-state index in [0.29, 0.717) is 15.7 Å². The summed E-state index contributed by atoms with van der Waals surface area (Å²) in [6.45, 7) is 0.256. The van der Waals surface area contributed by atoms with Crippen molar-refractivity contribution in [3.05, 3.63) is 28.0 Å². The van der Waals surface area contributed by atoms with E-state index in [-0.39, 0.29) is 31.1 Å². The molecule has 2 heterocycles. The van der Waals surface area contributed by atoms with Crippen LogP contribution in [0.3, 0.4) is 0 Å². The molecule has 0 unspecified atom stereocenters. The summed E-state index contributed by atoms with van der Waals surface area (Å²) in [6.07, 6.45) is 5.66. The lowest BCUT2D eigenvalue weighted by Crippen LogP contribution is -2.37. The van der Waals surface area contributed by atoms with E-state index in [1.165, 1.54) is 11.1 Å². The minimum Gasteiger partial charge on any atom is -0.312 e. The first-order valence-electron chi connectivity index (χ1n) is 6.97. The predicted octanol–water partition coefficient (Wildman–Crippen LogP) is 3.10. The fraction of sp³-hybridized carbons (Fsp3) is 0.500. The van der Waals surface area contributed by atoms with Gasteiger partial charge in [0.05, 0.1) is 22.3 Å². The lowest BCUT2D eigenvalue weighted by molar-refractivity contribution is -0.125. The minimum absolute atomic E-state index is 0.0941. The maximum absolute atomic E-state index is 12.4. The zero-order valence-corrected chi connectivity index (χ0v) is 12.9. The Labute approximate surface area is 132 Å². The van der Waals surface area contributed by atoms with Gasteiger partial charge in [-0.3, -0.25) is 14.7 Å². The molecule has 2 fully saturated rings. The van der Waals surface area contributed by atoms with Crippen LogP contribution in [-0.2, 0) is 11.3 Å². The number of nitrogens with zero attached hydrogens (tertiary/aromatic N) is 3.